The van der Waals surface area contributed by atoms with E-state index in [4.69, 9.17) is 4.74 Å². The van der Waals surface area contributed by atoms with Gasteiger partial charge in [0, 0.05) is 17.9 Å². The highest BCUT2D eigenvalue weighted by molar-refractivity contribution is 5.95. The average molecular weight is 389 g/mol. The fraction of sp³-hybridized carbons (Fsp3) is 0.250. The molecule has 0 saturated heterocycles. The van der Waals surface area contributed by atoms with Crippen LogP contribution in [0.5, 0.6) is 5.75 Å². The molecule has 0 aliphatic carbocycles. The summed E-state index contributed by atoms with van der Waals surface area (Å²) in [6, 6.07) is 11.5. The minimum atomic E-state index is -0.0816. The van der Waals surface area contributed by atoms with E-state index in [2.05, 4.69) is 25.7 Å². The molecule has 1 aromatic carbocycles. The quantitative estimate of drug-likeness (QED) is 0.576. The summed E-state index contributed by atoms with van der Waals surface area (Å²) >= 11 is 0. The SMILES string of the molecule is CCOc1ccc([C@H]2CC(=O)Nc3c2c(C)nn3-c2ccc3nncn3n2)cc1. The molecule has 146 valence electrons. The Bertz CT molecular complexity index is 1210. The zero-order valence-electron chi connectivity index (χ0n) is 16.0. The molecule has 4 aromatic rings. The predicted molar refractivity (Wildman–Crippen MR) is 105 cm³/mol. The topological polar surface area (TPSA) is 99.2 Å². The van der Waals surface area contributed by atoms with Crippen LogP contribution in [0.2, 0.25) is 0 Å². The van der Waals surface area contributed by atoms with Gasteiger partial charge in [0.05, 0.1) is 12.3 Å². The first-order valence-electron chi connectivity index (χ1n) is 9.43. The summed E-state index contributed by atoms with van der Waals surface area (Å²) in [5.41, 5.74) is 3.54. The number of fused-ring (bicyclic) bond motifs is 2. The third-order valence-corrected chi connectivity index (χ3v) is 5.06. The van der Waals surface area contributed by atoms with Crippen LogP contribution in [0.1, 0.15) is 36.1 Å². The van der Waals surface area contributed by atoms with E-state index in [0.29, 0.717) is 30.3 Å². The van der Waals surface area contributed by atoms with Gasteiger partial charge in [-0.2, -0.15) is 14.3 Å². The maximum absolute atomic E-state index is 12.5. The smallest absolute Gasteiger partial charge is 0.226 e. The van der Waals surface area contributed by atoms with E-state index in [1.807, 2.05) is 50.2 Å². The van der Waals surface area contributed by atoms with Gasteiger partial charge < -0.3 is 10.1 Å². The number of hydrogen-bond acceptors (Lipinski definition) is 6. The van der Waals surface area contributed by atoms with Gasteiger partial charge in [-0.1, -0.05) is 12.1 Å². The zero-order valence-corrected chi connectivity index (χ0v) is 16.0. The Balaban J connectivity index is 1.60. The fourth-order valence-electron chi connectivity index (χ4n) is 3.79. The highest BCUT2D eigenvalue weighted by Crippen LogP contribution is 2.40. The Hall–Kier alpha value is -3.75. The number of aryl methyl sites for hydroxylation is 1. The lowest BCUT2D eigenvalue weighted by Gasteiger charge is -2.24. The fourth-order valence-corrected chi connectivity index (χ4v) is 3.79. The van der Waals surface area contributed by atoms with Gasteiger partial charge in [-0.05, 0) is 43.7 Å². The third kappa shape index (κ3) is 2.91. The predicted octanol–water partition coefficient (Wildman–Crippen LogP) is 2.49. The molecule has 1 atom stereocenters. The number of rotatable bonds is 4. The lowest BCUT2D eigenvalue weighted by molar-refractivity contribution is -0.116. The molecule has 1 amide bonds. The van der Waals surface area contributed by atoms with Crippen LogP contribution >= 0.6 is 0 Å². The molecule has 0 unspecified atom stereocenters. The Morgan fingerprint density at radius 3 is 2.79 bits per heavy atom. The summed E-state index contributed by atoms with van der Waals surface area (Å²) in [7, 11) is 0. The van der Waals surface area contributed by atoms with Crippen molar-refractivity contribution < 1.29 is 9.53 Å². The molecule has 9 nitrogen and oxygen atoms in total. The van der Waals surface area contributed by atoms with Crippen molar-refractivity contribution in [1.29, 1.82) is 0 Å². The van der Waals surface area contributed by atoms with Crippen LogP contribution < -0.4 is 10.1 Å². The van der Waals surface area contributed by atoms with Gasteiger partial charge >= 0.3 is 0 Å². The maximum Gasteiger partial charge on any atom is 0.226 e. The van der Waals surface area contributed by atoms with Gasteiger partial charge in [-0.15, -0.1) is 15.3 Å². The Morgan fingerprint density at radius 2 is 2.00 bits per heavy atom. The van der Waals surface area contributed by atoms with Crippen LogP contribution in [0.15, 0.2) is 42.7 Å². The van der Waals surface area contributed by atoms with E-state index in [0.717, 1.165) is 22.6 Å². The molecule has 0 spiro atoms. The molecule has 29 heavy (non-hydrogen) atoms. The van der Waals surface area contributed by atoms with Gasteiger partial charge in [0.15, 0.2) is 11.5 Å². The Morgan fingerprint density at radius 1 is 1.17 bits per heavy atom. The van der Waals surface area contributed by atoms with Crippen molar-refractivity contribution in [3.05, 3.63) is 59.5 Å². The number of carbonyl (C=O) groups excluding carboxylic acids is 1. The zero-order chi connectivity index (χ0) is 20.0. The van der Waals surface area contributed by atoms with Crippen molar-refractivity contribution in [1.82, 2.24) is 29.6 Å². The number of nitrogens with one attached hydrogen (secondary N) is 1. The summed E-state index contributed by atoms with van der Waals surface area (Å²) < 4.78 is 8.78. The molecule has 0 fully saturated rings. The van der Waals surface area contributed by atoms with Crippen LogP contribution in [-0.2, 0) is 4.79 Å². The van der Waals surface area contributed by atoms with Crippen molar-refractivity contribution in [2.45, 2.75) is 26.2 Å². The van der Waals surface area contributed by atoms with Gasteiger partial charge in [0.1, 0.15) is 17.9 Å². The van der Waals surface area contributed by atoms with Crippen molar-refractivity contribution in [2.75, 3.05) is 11.9 Å². The van der Waals surface area contributed by atoms with E-state index >= 15 is 0 Å². The summed E-state index contributed by atoms with van der Waals surface area (Å²) in [4.78, 5) is 12.5. The summed E-state index contributed by atoms with van der Waals surface area (Å²) in [5, 5.41) is 20.0. The number of amides is 1. The first-order chi connectivity index (χ1) is 14.1. The molecule has 0 saturated carbocycles. The van der Waals surface area contributed by atoms with E-state index in [1.54, 1.807) is 9.20 Å². The van der Waals surface area contributed by atoms with Crippen LogP contribution in [0.3, 0.4) is 0 Å². The van der Waals surface area contributed by atoms with Crippen molar-refractivity contribution in [3.63, 3.8) is 0 Å². The Labute approximate surface area is 166 Å². The minimum Gasteiger partial charge on any atom is -0.494 e. The van der Waals surface area contributed by atoms with Crippen molar-refractivity contribution in [3.8, 4) is 11.6 Å². The van der Waals surface area contributed by atoms with Crippen LogP contribution in [0.4, 0.5) is 5.82 Å². The number of hydrogen-bond donors (Lipinski definition) is 1. The highest BCUT2D eigenvalue weighted by Gasteiger charge is 2.33. The number of benzene rings is 1. The van der Waals surface area contributed by atoms with Crippen LogP contribution in [-0.4, -0.2) is 42.1 Å². The standard InChI is InChI=1S/C20H19N7O2/c1-3-29-14-6-4-13(5-7-14)15-10-18(28)22-20-19(15)12(2)24-27(20)17-9-8-16-23-21-11-26(16)25-17/h4-9,11,15H,3,10H2,1-2H3,(H,22,28)/t15-/m1/s1. The van der Waals surface area contributed by atoms with Gasteiger partial charge in [-0.25, -0.2) is 0 Å². The van der Waals surface area contributed by atoms with Gasteiger partial charge in [-0.3, -0.25) is 4.79 Å². The second-order valence-corrected chi connectivity index (χ2v) is 6.89. The Kier molecular flexibility index (Phi) is 4.01. The van der Waals surface area contributed by atoms with Crippen LogP contribution in [0.25, 0.3) is 11.5 Å². The van der Waals surface area contributed by atoms with E-state index in [9.17, 15) is 4.79 Å². The first-order valence-corrected chi connectivity index (χ1v) is 9.43. The van der Waals surface area contributed by atoms with E-state index < -0.39 is 0 Å². The molecule has 1 N–H and O–H groups in total. The summed E-state index contributed by atoms with van der Waals surface area (Å²) in [5.74, 6) is 1.91. The molecule has 0 bridgehead atoms. The van der Waals surface area contributed by atoms with Crippen molar-refractivity contribution in [2.24, 2.45) is 0 Å². The summed E-state index contributed by atoms with van der Waals surface area (Å²) in [6.07, 6.45) is 1.90. The minimum absolute atomic E-state index is 0.0529. The molecule has 1 aliphatic heterocycles. The van der Waals surface area contributed by atoms with E-state index in [-0.39, 0.29) is 11.8 Å². The number of ether oxygens (including phenoxy) is 1. The first kappa shape index (κ1) is 17.4. The van der Waals surface area contributed by atoms with Crippen LogP contribution in [0, 0.1) is 6.92 Å². The monoisotopic (exact) mass is 389 g/mol. The second-order valence-electron chi connectivity index (χ2n) is 6.89. The highest BCUT2D eigenvalue weighted by atomic mass is 16.5. The number of nitrogens with zero attached hydrogens (tertiary/aromatic N) is 6. The molecular weight excluding hydrogens is 370 g/mol. The molecular formula is C20H19N7O2. The lowest BCUT2D eigenvalue weighted by atomic mass is 9.86. The molecule has 5 rings (SSSR count). The third-order valence-electron chi connectivity index (χ3n) is 5.06. The average Bonchev–Trinajstić information content (AvgIpc) is 3.32. The molecule has 4 heterocycles. The second kappa shape index (κ2) is 6.69. The van der Waals surface area contributed by atoms with Gasteiger partial charge in [0.2, 0.25) is 5.91 Å². The molecule has 9 heteroatoms. The summed E-state index contributed by atoms with van der Waals surface area (Å²) in [6.45, 7) is 4.52. The molecule has 0 radical (unpaired) electrons. The molecule has 1 aliphatic rings. The number of aromatic nitrogens is 6. The number of carbonyl (C=O) groups is 1. The maximum atomic E-state index is 12.5. The normalized spacial score (nSPS) is 15.9. The molecule has 3 aromatic heterocycles. The largest absolute Gasteiger partial charge is 0.494 e. The lowest BCUT2D eigenvalue weighted by Crippen LogP contribution is -2.25. The van der Waals surface area contributed by atoms with E-state index in [1.165, 1.54) is 6.33 Å². The number of anilines is 1. The van der Waals surface area contributed by atoms with Gasteiger partial charge in [0.25, 0.3) is 0 Å². The van der Waals surface area contributed by atoms with Crippen molar-refractivity contribution >= 4 is 17.4 Å².